The van der Waals surface area contributed by atoms with Crippen molar-refractivity contribution in [1.82, 2.24) is 10.2 Å². The molecule has 0 radical (unpaired) electrons. The molecule has 0 saturated carbocycles. The van der Waals surface area contributed by atoms with E-state index in [1.54, 1.807) is 0 Å². The second-order valence-electron chi connectivity index (χ2n) is 2.83. The molecule has 1 aliphatic heterocycles. The van der Waals surface area contributed by atoms with Crippen molar-refractivity contribution in [3.8, 4) is 0 Å². The maximum absolute atomic E-state index is 11.5. The van der Waals surface area contributed by atoms with Crippen molar-refractivity contribution in [2.75, 3.05) is 19.5 Å². The van der Waals surface area contributed by atoms with Gasteiger partial charge >= 0.3 is 0 Å². The minimum Gasteiger partial charge on any atom is -0.311 e. The van der Waals surface area contributed by atoms with Gasteiger partial charge in [0.2, 0.25) is 11.8 Å². The highest BCUT2D eigenvalue weighted by Gasteiger charge is 2.37. The van der Waals surface area contributed by atoms with E-state index in [0.717, 1.165) is 0 Å². The second-order valence-corrected chi connectivity index (χ2v) is 4.02. The molecule has 1 heterocycles. The molecule has 0 aromatic rings. The van der Waals surface area contributed by atoms with E-state index in [4.69, 9.17) is 0 Å². The van der Waals surface area contributed by atoms with Crippen LogP contribution < -0.4 is 5.32 Å². The molecule has 4 nitrogen and oxygen atoms in total. The average Bonchev–Trinajstić information content (AvgIpc) is 2.38. The Morgan fingerprint density at radius 2 is 2.31 bits per heavy atom. The van der Waals surface area contributed by atoms with E-state index in [2.05, 4.69) is 5.32 Å². The van der Waals surface area contributed by atoms with Crippen LogP contribution in [0, 0.1) is 0 Å². The normalized spacial score (nSPS) is 22.9. The van der Waals surface area contributed by atoms with Crippen molar-refractivity contribution in [1.29, 1.82) is 0 Å². The third-order valence-electron chi connectivity index (χ3n) is 1.95. The highest BCUT2D eigenvalue weighted by atomic mass is 32.2. The number of hydrogen-bond donors (Lipinski definition) is 1. The molecule has 74 valence electrons. The Labute approximate surface area is 82.0 Å². The first-order valence-corrected chi connectivity index (χ1v) is 5.36. The molecule has 2 amide bonds. The number of amides is 2. The number of likely N-dealkylation sites (tertiary alicyclic amines) is 1. The largest absolute Gasteiger partial charge is 0.311 e. The Morgan fingerprint density at radius 3 is 2.77 bits per heavy atom. The van der Waals surface area contributed by atoms with Gasteiger partial charge in [0.05, 0.1) is 5.25 Å². The van der Waals surface area contributed by atoms with Crippen LogP contribution in [0.25, 0.3) is 0 Å². The van der Waals surface area contributed by atoms with Gasteiger partial charge < -0.3 is 5.32 Å². The van der Waals surface area contributed by atoms with Crippen LogP contribution >= 0.6 is 11.8 Å². The Morgan fingerprint density at radius 1 is 1.62 bits per heavy atom. The van der Waals surface area contributed by atoms with E-state index >= 15 is 0 Å². The quantitative estimate of drug-likeness (QED) is 0.517. The zero-order chi connectivity index (χ0) is 9.84. The van der Waals surface area contributed by atoms with Gasteiger partial charge in [-0.3, -0.25) is 14.5 Å². The van der Waals surface area contributed by atoms with Gasteiger partial charge in [-0.15, -0.1) is 11.8 Å². The predicted molar refractivity (Wildman–Crippen MR) is 52.3 cm³/mol. The van der Waals surface area contributed by atoms with Crippen molar-refractivity contribution < 1.29 is 9.59 Å². The molecule has 0 aliphatic carbocycles. The summed E-state index contributed by atoms with van der Waals surface area (Å²) in [7, 11) is 1.83. The van der Waals surface area contributed by atoms with Crippen LogP contribution in [0.15, 0.2) is 0 Å². The Kier molecular flexibility index (Phi) is 3.74. The van der Waals surface area contributed by atoms with Crippen molar-refractivity contribution >= 4 is 23.6 Å². The van der Waals surface area contributed by atoms with Crippen LogP contribution in [0.3, 0.4) is 0 Å². The van der Waals surface area contributed by atoms with Crippen LogP contribution in [-0.2, 0) is 9.59 Å². The summed E-state index contributed by atoms with van der Waals surface area (Å²) in [6.45, 7) is 2.31. The number of carbonyl (C=O) groups excluding carboxylic acids is 2. The number of nitrogens with zero attached hydrogens (tertiary/aromatic N) is 1. The summed E-state index contributed by atoms with van der Waals surface area (Å²) in [6.07, 6.45) is 0.360. The first kappa shape index (κ1) is 10.5. The zero-order valence-corrected chi connectivity index (χ0v) is 8.69. The molecule has 5 heteroatoms. The summed E-state index contributed by atoms with van der Waals surface area (Å²) >= 11 is 1.49. The maximum Gasteiger partial charge on any atom is 0.242 e. The van der Waals surface area contributed by atoms with E-state index in [1.807, 2.05) is 14.0 Å². The van der Waals surface area contributed by atoms with Gasteiger partial charge in [-0.25, -0.2) is 0 Å². The van der Waals surface area contributed by atoms with Crippen molar-refractivity contribution in [2.45, 2.75) is 18.6 Å². The molecule has 13 heavy (non-hydrogen) atoms. The number of carbonyl (C=O) groups is 2. The Hall–Kier alpha value is -0.550. The molecular formula is C8H14N2O2S. The number of nitrogens with one attached hydrogen (secondary N) is 1. The van der Waals surface area contributed by atoms with Gasteiger partial charge in [-0.2, -0.15) is 0 Å². The summed E-state index contributed by atoms with van der Waals surface area (Å²) in [5.74, 6) is 0.634. The first-order chi connectivity index (χ1) is 6.20. The molecule has 1 atom stereocenters. The van der Waals surface area contributed by atoms with E-state index in [0.29, 0.717) is 18.8 Å². The smallest absolute Gasteiger partial charge is 0.242 e. The molecular weight excluding hydrogens is 188 g/mol. The van der Waals surface area contributed by atoms with Crippen molar-refractivity contribution in [3.63, 3.8) is 0 Å². The SMILES string of the molecule is CCN1C(=O)CC(SCNC)C1=O. The molecule has 0 aromatic heterocycles. The van der Waals surface area contributed by atoms with Crippen LogP contribution in [0.4, 0.5) is 0 Å². The summed E-state index contributed by atoms with van der Waals surface area (Å²) in [6, 6.07) is 0. The number of hydrogen-bond acceptors (Lipinski definition) is 4. The summed E-state index contributed by atoms with van der Waals surface area (Å²) in [4.78, 5) is 24.1. The minimum absolute atomic E-state index is 0.0345. The van der Waals surface area contributed by atoms with Gasteiger partial charge in [-0.1, -0.05) is 0 Å². The maximum atomic E-state index is 11.5. The summed E-state index contributed by atoms with van der Waals surface area (Å²) < 4.78 is 0. The number of rotatable bonds is 4. The first-order valence-electron chi connectivity index (χ1n) is 4.31. The predicted octanol–water partition coefficient (Wildman–Crippen LogP) is 0.0439. The fourth-order valence-corrected chi connectivity index (χ4v) is 2.20. The monoisotopic (exact) mass is 202 g/mol. The molecule has 0 aromatic carbocycles. The highest BCUT2D eigenvalue weighted by molar-refractivity contribution is 8.00. The molecule has 1 fully saturated rings. The molecule has 0 spiro atoms. The van der Waals surface area contributed by atoms with Gasteiger partial charge in [-0.05, 0) is 14.0 Å². The lowest BCUT2D eigenvalue weighted by Crippen LogP contribution is -2.31. The zero-order valence-electron chi connectivity index (χ0n) is 7.87. The van der Waals surface area contributed by atoms with E-state index in [1.165, 1.54) is 16.7 Å². The van der Waals surface area contributed by atoms with Gasteiger partial charge in [0.15, 0.2) is 0 Å². The standard InChI is InChI=1S/C8H14N2O2S/c1-3-10-7(11)4-6(8(10)12)13-5-9-2/h6,9H,3-5H2,1-2H3. The van der Waals surface area contributed by atoms with Gasteiger partial charge in [0.25, 0.3) is 0 Å². The van der Waals surface area contributed by atoms with Crippen molar-refractivity contribution in [2.24, 2.45) is 0 Å². The van der Waals surface area contributed by atoms with Crippen LogP contribution in [0.5, 0.6) is 0 Å². The molecule has 1 saturated heterocycles. The fraction of sp³-hybridized carbons (Fsp3) is 0.750. The van der Waals surface area contributed by atoms with Gasteiger partial charge in [0, 0.05) is 18.8 Å². The minimum atomic E-state index is -0.167. The molecule has 1 N–H and O–H groups in total. The van der Waals surface area contributed by atoms with Crippen LogP contribution in [-0.4, -0.2) is 41.4 Å². The lowest BCUT2D eigenvalue weighted by Gasteiger charge is -2.11. The molecule has 1 unspecified atom stereocenters. The molecule has 0 bridgehead atoms. The lowest BCUT2D eigenvalue weighted by molar-refractivity contribution is -0.137. The third-order valence-corrected chi connectivity index (χ3v) is 3.17. The number of imide groups is 1. The van der Waals surface area contributed by atoms with Crippen molar-refractivity contribution in [3.05, 3.63) is 0 Å². The van der Waals surface area contributed by atoms with E-state index in [-0.39, 0.29) is 17.1 Å². The van der Waals surface area contributed by atoms with E-state index in [9.17, 15) is 9.59 Å². The van der Waals surface area contributed by atoms with E-state index < -0.39 is 0 Å². The fourth-order valence-electron chi connectivity index (χ4n) is 1.30. The molecule has 1 aliphatic rings. The highest BCUT2D eigenvalue weighted by Crippen LogP contribution is 2.23. The summed E-state index contributed by atoms with van der Waals surface area (Å²) in [5, 5.41) is 2.78. The number of thioether (sulfide) groups is 1. The van der Waals surface area contributed by atoms with Crippen LogP contribution in [0.1, 0.15) is 13.3 Å². The second kappa shape index (κ2) is 4.62. The van der Waals surface area contributed by atoms with Gasteiger partial charge in [0.1, 0.15) is 0 Å². The Bertz CT molecular complexity index is 220. The molecule has 1 rings (SSSR count). The summed E-state index contributed by atoms with van der Waals surface area (Å²) in [5.41, 5.74) is 0. The topological polar surface area (TPSA) is 49.4 Å². The Balaban J connectivity index is 2.52. The van der Waals surface area contributed by atoms with Crippen LogP contribution in [0.2, 0.25) is 0 Å². The average molecular weight is 202 g/mol. The third kappa shape index (κ3) is 2.22. The lowest BCUT2D eigenvalue weighted by atomic mass is 10.4.